The van der Waals surface area contributed by atoms with Crippen LogP contribution in [-0.4, -0.2) is 10.5 Å². The first kappa shape index (κ1) is 16.0. The predicted octanol–water partition coefficient (Wildman–Crippen LogP) is 5.27. The smallest absolute Gasteiger partial charge is 0.380 e. The molecule has 1 aromatic carbocycles. The van der Waals surface area contributed by atoms with E-state index in [0.29, 0.717) is 11.7 Å². The summed E-state index contributed by atoms with van der Waals surface area (Å²) in [5.74, 6) is 0. The van der Waals surface area contributed by atoms with Crippen LogP contribution in [0.25, 0.3) is 0 Å². The topological polar surface area (TPSA) is 24.9 Å². The molecule has 0 radical (unpaired) electrons. The Morgan fingerprint density at radius 1 is 1.14 bits per heavy atom. The van der Waals surface area contributed by atoms with Gasteiger partial charge in [-0.3, -0.25) is 0 Å². The molecule has 0 atom stereocenters. The van der Waals surface area contributed by atoms with E-state index < -0.39 is 5.51 Å². The fourth-order valence-corrected chi connectivity index (χ4v) is 2.45. The molecule has 0 amide bonds. The summed E-state index contributed by atoms with van der Waals surface area (Å²) in [4.78, 5) is 4.29. The molecule has 0 aliphatic carbocycles. The molecule has 112 valence electrons. The Balaban J connectivity index is 1.97. The van der Waals surface area contributed by atoms with E-state index in [1.807, 2.05) is 13.0 Å². The Morgan fingerprint density at radius 3 is 2.38 bits per heavy atom. The van der Waals surface area contributed by atoms with E-state index in [-0.39, 0.29) is 16.7 Å². The first-order valence-electron chi connectivity index (χ1n) is 6.05. The van der Waals surface area contributed by atoms with E-state index in [1.54, 1.807) is 18.2 Å². The minimum atomic E-state index is -4.26. The number of aromatic nitrogens is 1. The third-order valence-corrected chi connectivity index (χ3v) is 3.64. The van der Waals surface area contributed by atoms with Gasteiger partial charge >= 0.3 is 5.51 Å². The highest BCUT2D eigenvalue weighted by Gasteiger charge is 2.28. The highest BCUT2D eigenvalue weighted by molar-refractivity contribution is 8.00. The molecule has 1 heterocycles. The number of halogens is 4. The van der Waals surface area contributed by atoms with Crippen LogP contribution in [0, 0.1) is 6.92 Å². The fraction of sp³-hybridized carbons (Fsp3) is 0.214. The molecule has 7 heteroatoms. The summed E-state index contributed by atoms with van der Waals surface area (Å²) in [6, 6.07) is 9.75. The Hall–Kier alpha value is -1.40. The van der Waals surface area contributed by atoms with Gasteiger partial charge < -0.3 is 5.32 Å². The van der Waals surface area contributed by atoms with Gasteiger partial charge in [-0.15, -0.1) is 0 Å². The van der Waals surface area contributed by atoms with Crippen molar-refractivity contribution in [3.8, 4) is 0 Å². The third kappa shape index (κ3) is 5.13. The lowest BCUT2D eigenvalue weighted by Crippen LogP contribution is -2.02. The zero-order chi connectivity index (χ0) is 15.5. The van der Waals surface area contributed by atoms with E-state index in [9.17, 15) is 13.2 Å². The van der Waals surface area contributed by atoms with E-state index >= 15 is 0 Å². The van der Waals surface area contributed by atoms with Crippen molar-refractivity contribution >= 4 is 29.1 Å². The van der Waals surface area contributed by atoms with E-state index in [1.165, 1.54) is 12.1 Å². The summed E-state index contributed by atoms with van der Waals surface area (Å²) < 4.78 is 36.7. The second kappa shape index (κ2) is 6.58. The number of rotatable bonds is 4. The highest BCUT2D eigenvalue weighted by atomic mass is 35.5. The molecule has 2 aromatic rings. The third-order valence-electron chi connectivity index (χ3n) is 2.69. The van der Waals surface area contributed by atoms with Gasteiger partial charge in [-0.2, -0.15) is 13.2 Å². The zero-order valence-electron chi connectivity index (χ0n) is 11.0. The van der Waals surface area contributed by atoms with Gasteiger partial charge in [-0.1, -0.05) is 23.7 Å². The molecule has 0 fully saturated rings. The van der Waals surface area contributed by atoms with Gasteiger partial charge in [0.1, 0.15) is 5.15 Å². The van der Waals surface area contributed by atoms with Crippen molar-refractivity contribution in [1.29, 1.82) is 0 Å². The minimum absolute atomic E-state index is 0.117. The molecule has 0 aliphatic rings. The molecular formula is C14H12ClF3N2S. The maximum absolute atomic E-state index is 12.2. The molecule has 0 saturated carbocycles. The van der Waals surface area contributed by atoms with Gasteiger partial charge in [0, 0.05) is 11.4 Å². The number of nitrogens with zero attached hydrogens (tertiary/aromatic N) is 1. The summed E-state index contributed by atoms with van der Waals surface area (Å²) in [6.45, 7) is 2.33. The van der Waals surface area contributed by atoms with Crippen LogP contribution in [0.2, 0.25) is 5.15 Å². The van der Waals surface area contributed by atoms with E-state index in [4.69, 9.17) is 11.6 Å². The Morgan fingerprint density at radius 2 is 1.81 bits per heavy atom. The summed E-state index contributed by atoms with van der Waals surface area (Å²) in [5, 5.41) is 3.60. The number of benzene rings is 1. The van der Waals surface area contributed by atoms with Crippen molar-refractivity contribution < 1.29 is 13.2 Å². The van der Waals surface area contributed by atoms with Crippen molar-refractivity contribution in [3.63, 3.8) is 0 Å². The van der Waals surface area contributed by atoms with Gasteiger partial charge in [0.25, 0.3) is 0 Å². The van der Waals surface area contributed by atoms with Gasteiger partial charge in [0.05, 0.1) is 11.4 Å². The summed E-state index contributed by atoms with van der Waals surface area (Å²) in [5.41, 5.74) is -1.76. The first-order chi connectivity index (χ1) is 9.83. The van der Waals surface area contributed by atoms with Crippen LogP contribution in [0.1, 0.15) is 11.3 Å². The van der Waals surface area contributed by atoms with Crippen LogP contribution < -0.4 is 5.32 Å². The molecule has 2 nitrogen and oxygen atoms in total. The number of aryl methyl sites for hydroxylation is 1. The van der Waals surface area contributed by atoms with E-state index in [2.05, 4.69) is 10.3 Å². The number of hydrogen-bond donors (Lipinski definition) is 1. The summed E-state index contributed by atoms with van der Waals surface area (Å²) in [6.07, 6.45) is 0. The molecular weight excluding hydrogens is 321 g/mol. The summed E-state index contributed by atoms with van der Waals surface area (Å²) in [7, 11) is 0. The number of hydrogen-bond acceptors (Lipinski definition) is 3. The lowest BCUT2D eigenvalue weighted by molar-refractivity contribution is -0.0328. The molecule has 1 aromatic heterocycles. The number of alkyl halides is 3. The SMILES string of the molecule is Cc1nc(Cl)ccc1NCc1ccc(SC(F)(F)F)cc1. The molecule has 0 unspecified atom stereocenters. The standard InChI is InChI=1S/C14H12ClF3N2S/c1-9-12(6-7-13(15)20-9)19-8-10-2-4-11(5-3-10)21-14(16,17)18/h2-7,19H,8H2,1H3. The second-order valence-electron chi connectivity index (χ2n) is 4.31. The maximum Gasteiger partial charge on any atom is 0.446 e. The first-order valence-corrected chi connectivity index (χ1v) is 7.25. The number of anilines is 1. The Kier molecular flexibility index (Phi) is 5.00. The Labute approximate surface area is 129 Å². The van der Waals surface area contributed by atoms with Gasteiger partial charge in [-0.05, 0) is 48.5 Å². The molecule has 0 spiro atoms. The normalized spacial score (nSPS) is 11.5. The van der Waals surface area contributed by atoms with Crippen molar-refractivity contribution in [2.45, 2.75) is 23.9 Å². The second-order valence-corrected chi connectivity index (χ2v) is 5.84. The Bertz CT molecular complexity index is 615. The number of nitrogens with one attached hydrogen (secondary N) is 1. The predicted molar refractivity (Wildman–Crippen MR) is 79.7 cm³/mol. The van der Waals surface area contributed by atoms with Crippen LogP contribution in [0.15, 0.2) is 41.3 Å². The molecule has 2 rings (SSSR count). The quantitative estimate of drug-likeness (QED) is 0.610. The maximum atomic E-state index is 12.2. The molecule has 1 N–H and O–H groups in total. The number of pyridine rings is 1. The van der Waals surface area contributed by atoms with Crippen LogP contribution in [0.5, 0.6) is 0 Å². The molecule has 0 bridgehead atoms. The van der Waals surface area contributed by atoms with Gasteiger partial charge in [0.15, 0.2) is 0 Å². The van der Waals surface area contributed by atoms with Gasteiger partial charge in [-0.25, -0.2) is 4.98 Å². The van der Waals surface area contributed by atoms with Crippen LogP contribution >= 0.6 is 23.4 Å². The summed E-state index contributed by atoms with van der Waals surface area (Å²) >= 11 is 5.65. The van der Waals surface area contributed by atoms with Crippen molar-refractivity contribution in [2.75, 3.05) is 5.32 Å². The largest absolute Gasteiger partial charge is 0.446 e. The van der Waals surface area contributed by atoms with Crippen LogP contribution in [0.4, 0.5) is 18.9 Å². The molecule has 0 aliphatic heterocycles. The lowest BCUT2D eigenvalue weighted by Gasteiger charge is -2.10. The highest BCUT2D eigenvalue weighted by Crippen LogP contribution is 2.36. The fourth-order valence-electron chi connectivity index (χ4n) is 1.72. The van der Waals surface area contributed by atoms with E-state index in [0.717, 1.165) is 16.9 Å². The average molecular weight is 333 g/mol. The van der Waals surface area contributed by atoms with Crippen LogP contribution in [-0.2, 0) is 6.54 Å². The minimum Gasteiger partial charge on any atom is -0.380 e. The van der Waals surface area contributed by atoms with Crippen LogP contribution in [0.3, 0.4) is 0 Å². The lowest BCUT2D eigenvalue weighted by atomic mass is 10.2. The van der Waals surface area contributed by atoms with Crippen molar-refractivity contribution in [1.82, 2.24) is 4.98 Å². The van der Waals surface area contributed by atoms with Crippen molar-refractivity contribution in [3.05, 3.63) is 52.8 Å². The monoisotopic (exact) mass is 332 g/mol. The average Bonchev–Trinajstić information content (AvgIpc) is 2.38. The zero-order valence-corrected chi connectivity index (χ0v) is 12.6. The number of thioether (sulfide) groups is 1. The van der Waals surface area contributed by atoms with Gasteiger partial charge in [0.2, 0.25) is 0 Å². The molecule has 21 heavy (non-hydrogen) atoms. The van der Waals surface area contributed by atoms with Crippen molar-refractivity contribution in [2.24, 2.45) is 0 Å². The molecule has 0 saturated heterocycles.